The summed E-state index contributed by atoms with van der Waals surface area (Å²) in [5.41, 5.74) is -1.99. The van der Waals surface area contributed by atoms with Crippen LogP contribution >= 0.6 is 0 Å². The Morgan fingerprint density at radius 3 is 1.56 bits per heavy atom. The normalized spacial score (nSPS) is 36.7. The van der Waals surface area contributed by atoms with Gasteiger partial charge in [0.25, 0.3) is 10.1 Å². The number of esters is 9. The Kier molecular flexibility index (Phi) is 22.6. The minimum atomic E-state index is -3.56. The van der Waals surface area contributed by atoms with Crippen LogP contribution in [0.4, 0.5) is 0 Å². The predicted molar refractivity (Wildman–Crippen MR) is 340 cm³/mol. The van der Waals surface area contributed by atoms with Crippen molar-refractivity contribution >= 4 is 63.8 Å². The number of fused-ring (bicyclic) bond motifs is 2. The van der Waals surface area contributed by atoms with Crippen LogP contribution in [0.2, 0.25) is 0 Å². The Hall–Kier alpha value is -4.86. The molecule has 0 spiro atoms. The highest BCUT2D eigenvalue weighted by Crippen LogP contribution is 2.63. The summed E-state index contributed by atoms with van der Waals surface area (Å²) in [7, 11) is -3.56. The third kappa shape index (κ3) is 15.4. The number of carbonyl (C=O) groups is 9. The van der Waals surface area contributed by atoms with Crippen LogP contribution < -0.4 is 0 Å². The Morgan fingerprint density at radius 1 is 0.521 bits per heavy atom. The van der Waals surface area contributed by atoms with E-state index in [1.165, 1.54) is 38.5 Å². The molecule has 0 aromatic heterocycles. The molecular weight excluding hydrogens is 1230 g/mol. The van der Waals surface area contributed by atoms with Crippen LogP contribution in [0.3, 0.4) is 0 Å². The lowest BCUT2D eigenvalue weighted by Gasteiger charge is -2.62. The second-order valence-electron chi connectivity index (χ2n) is 32.5. The van der Waals surface area contributed by atoms with Crippen LogP contribution in [0, 0.1) is 105 Å². The first kappa shape index (κ1) is 73.4. The topological polar surface area (TPSA) is 280 Å². The summed E-state index contributed by atoms with van der Waals surface area (Å²) in [6.45, 7) is 26.5. The van der Waals surface area contributed by atoms with Gasteiger partial charge in [-0.1, -0.05) is 48.5 Å². The van der Waals surface area contributed by atoms with Crippen molar-refractivity contribution in [3.8, 4) is 0 Å². The van der Waals surface area contributed by atoms with E-state index in [2.05, 4.69) is 20.8 Å². The van der Waals surface area contributed by atoms with Crippen molar-refractivity contribution in [2.75, 3.05) is 26.4 Å². The van der Waals surface area contributed by atoms with E-state index in [0.29, 0.717) is 67.1 Å². The van der Waals surface area contributed by atoms with Gasteiger partial charge in [0.2, 0.25) is 0 Å². The summed E-state index contributed by atoms with van der Waals surface area (Å²) in [4.78, 5) is 108. The third-order valence-electron chi connectivity index (χ3n) is 25.1. The van der Waals surface area contributed by atoms with Crippen LogP contribution in [-0.2, 0) is 100 Å². The fourth-order valence-corrected chi connectivity index (χ4v) is 20.3. The van der Waals surface area contributed by atoms with E-state index in [1.54, 1.807) is 20.8 Å². The maximum Gasteiger partial charge on any atom is 0.344 e. The molecule has 14 rings (SSSR count). The highest BCUT2D eigenvalue weighted by Gasteiger charge is 2.67. The first-order chi connectivity index (χ1) is 44.1. The van der Waals surface area contributed by atoms with E-state index in [9.17, 15) is 51.6 Å². The molecule has 14 fully saturated rings. The monoisotopic (exact) mass is 1340 g/mol. The van der Waals surface area contributed by atoms with Gasteiger partial charge in [-0.15, -0.1) is 0 Å². The molecule has 530 valence electrons. The van der Waals surface area contributed by atoms with E-state index in [1.807, 2.05) is 55.4 Å². The van der Waals surface area contributed by atoms with Gasteiger partial charge in [-0.25, -0.2) is 9.59 Å². The van der Waals surface area contributed by atoms with Crippen molar-refractivity contribution in [2.24, 2.45) is 105 Å². The minimum Gasteiger partial charge on any atom is -0.462 e. The van der Waals surface area contributed by atoms with Crippen molar-refractivity contribution in [1.82, 2.24) is 0 Å². The standard InChI is InChI=1S/C20H30O6.C19H28O9S.C19H32O2.C14H20O4/c1-4-12(2)19(23)25-10-17(21)24-11-18(22)26-20(3)15-6-13-5-14(8-15)9-16(20)7-13;1-4-19(2,3)18(22)26-8-7-25-14(20)5-6-15(21)27-16-11-9-12-13(10-11)29(23,24)28-17(12)16;1-6-18(4,5)17(20)21-19(12(2)3)15-8-13-7-14(10-15)11-16(19)9-13;1-4-14(2,3)13(16)18-10-7-5-8-9(6-7)12(15)17-11(8)10/h12-16H,4-11H2,1-3H3;11-13,16-17H,4-10H2,1-3H3;12-16H,6-11H2,1-5H3;7-11H,4-6H2,1-3H3. The SMILES string of the molecule is CCC(C)(C)C(=O)OC1(C(C)C)C2CC3CC(C2)CC1C3.CCC(C)(C)C(=O)OC1C2CC3C(=O)OC1C3C2.CCC(C)(C)C(=O)OCCOC(=O)CCC(=O)OC1C2CC3C1OS(=O)(=O)C3C2.CCC(C)C(=O)OCC(=O)OCC(=O)OC1(C)C2CC3CC(C2)CC1C3. The van der Waals surface area contributed by atoms with Crippen LogP contribution in [0.1, 0.15) is 225 Å². The number of ether oxygens (including phenoxy) is 9. The van der Waals surface area contributed by atoms with Gasteiger partial charge in [0.15, 0.2) is 13.2 Å². The summed E-state index contributed by atoms with van der Waals surface area (Å²) in [6.07, 6.45) is 16.5. The molecule has 12 bridgehead atoms. The molecule has 2 saturated heterocycles. The summed E-state index contributed by atoms with van der Waals surface area (Å²) >= 11 is 0. The number of rotatable bonds is 23. The minimum absolute atomic E-state index is 0.00904. The maximum atomic E-state index is 12.8. The van der Waals surface area contributed by atoms with E-state index < -0.39 is 87.1 Å². The average Bonchev–Trinajstić information content (AvgIpc) is 1.16. The lowest BCUT2D eigenvalue weighted by atomic mass is 9.47. The molecule has 11 atom stereocenters. The molecule has 0 aromatic rings. The molecule has 2 aliphatic heterocycles. The van der Waals surface area contributed by atoms with Crippen molar-refractivity contribution in [3.63, 3.8) is 0 Å². The summed E-state index contributed by atoms with van der Waals surface area (Å²) in [5, 5.41) is -0.473. The average molecular weight is 1340 g/mol. The van der Waals surface area contributed by atoms with E-state index in [-0.39, 0.29) is 96.8 Å². The Balaban J connectivity index is 0.000000150. The lowest BCUT2D eigenvalue weighted by molar-refractivity contribution is -0.231. The van der Waals surface area contributed by atoms with E-state index in [4.69, 9.17) is 46.8 Å². The molecule has 94 heavy (non-hydrogen) atoms. The second kappa shape index (κ2) is 28.9. The summed E-state index contributed by atoms with van der Waals surface area (Å²) in [6, 6.07) is 0. The lowest BCUT2D eigenvalue weighted by Crippen LogP contribution is -2.63. The second-order valence-corrected chi connectivity index (χ2v) is 34.3. The van der Waals surface area contributed by atoms with Crippen molar-refractivity contribution in [3.05, 3.63) is 0 Å². The highest BCUT2D eigenvalue weighted by atomic mass is 32.2. The summed E-state index contributed by atoms with van der Waals surface area (Å²) in [5.74, 6) is 2.83. The molecule has 14 aliphatic rings. The predicted octanol–water partition coefficient (Wildman–Crippen LogP) is 10.9. The van der Waals surface area contributed by atoms with Gasteiger partial charge in [-0.2, -0.15) is 8.42 Å². The molecular formula is C72H110O21S. The van der Waals surface area contributed by atoms with Crippen molar-refractivity contribution in [1.29, 1.82) is 0 Å². The van der Waals surface area contributed by atoms with Crippen LogP contribution in [0.15, 0.2) is 0 Å². The molecule has 12 saturated carbocycles. The zero-order valence-corrected chi connectivity index (χ0v) is 59.3. The zero-order valence-electron chi connectivity index (χ0n) is 58.5. The van der Waals surface area contributed by atoms with Gasteiger partial charge < -0.3 is 42.6 Å². The smallest absolute Gasteiger partial charge is 0.344 e. The van der Waals surface area contributed by atoms with Crippen LogP contribution in [-0.4, -0.2) is 129 Å². The fourth-order valence-electron chi connectivity index (χ4n) is 18.4. The first-order valence-electron chi connectivity index (χ1n) is 35.7. The van der Waals surface area contributed by atoms with Crippen molar-refractivity contribution < 1.29 is 98.4 Å². The fraction of sp³-hybridized carbons (Fsp3) is 0.875. The number of carbonyl (C=O) groups excluding carboxylic acids is 9. The van der Waals surface area contributed by atoms with Gasteiger partial charge in [-0.05, 0) is 217 Å². The van der Waals surface area contributed by atoms with Gasteiger partial charge in [0, 0.05) is 23.7 Å². The molecule has 21 nitrogen and oxygen atoms in total. The molecule has 0 amide bonds. The molecule has 22 heteroatoms. The zero-order chi connectivity index (χ0) is 68.8. The molecule has 0 radical (unpaired) electrons. The van der Waals surface area contributed by atoms with Crippen LogP contribution in [0.25, 0.3) is 0 Å². The molecule has 12 aliphatic carbocycles. The van der Waals surface area contributed by atoms with E-state index in [0.717, 1.165) is 75.0 Å². The van der Waals surface area contributed by atoms with Gasteiger partial charge in [0.05, 0.1) is 46.2 Å². The quantitative estimate of drug-likeness (QED) is 0.0398. The van der Waals surface area contributed by atoms with Gasteiger partial charge in [0.1, 0.15) is 48.8 Å². The molecule has 0 aromatic carbocycles. The Morgan fingerprint density at radius 2 is 1.01 bits per heavy atom. The molecule has 11 unspecified atom stereocenters. The Bertz CT molecular complexity index is 2870. The third-order valence-corrected chi connectivity index (χ3v) is 26.9. The van der Waals surface area contributed by atoms with Crippen LogP contribution in [0.5, 0.6) is 0 Å². The van der Waals surface area contributed by atoms with Gasteiger partial charge in [-0.3, -0.25) is 37.7 Å². The largest absolute Gasteiger partial charge is 0.462 e. The van der Waals surface area contributed by atoms with Crippen molar-refractivity contribution in [2.45, 2.75) is 266 Å². The number of hydrogen-bond acceptors (Lipinski definition) is 21. The maximum absolute atomic E-state index is 12.8. The number of hydrogen-bond donors (Lipinski definition) is 0. The Labute approximate surface area is 557 Å². The highest BCUT2D eigenvalue weighted by molar-refractivity contribution is 7.87. The van der Waals surface area contributed by atoms with E-state index >= 15 is 0 Å². The van der Waals surface area contributed by atoms with Gasteiger partial charge >= 0.3 is 53.7 Å². The molecule has 2 heterocycles. The first-order valence-corrected chi connectivity index (χ1v) is 37.2. The molecule has 0 N–H and O–H groups in total. The summed E-state index contributed by atoms with van der Waals surface area (Å²) < 4.78 is 77.5.